The molecule has 0 amide bonds. The maximum Gasteiger partial charge on any atom is 0.243 e. The van der Waals surface area contributed by atoms with Crippen LogP contribution < -0.4 is 11.1 Å². The molecule has 4 aromatic rings. The van der Waals surface area contributed by atoms with E-state index in [1.165, 1.54) is 4.31 Å². The fraction of sp³-hybridized carbons (Fsp3) is 0.280. The first-order valence-electron chi connectivity index (χ1n) is 11.8. The van der Waals surface area contributed by atoms with Gasteiger partial charge in [-0.05, 0) is 50.2 Å². The highest BCUT2D eigenvalue weighted by Gasteiger charge is 2.29. The van der Waals surface area contributed by atoms with Gasteiger partial charge in [-0.25, -0.2) is 18.4 Å². The summed E-state index contributed by atoms with van der Waals surface area (Å²) in [5.41, 5.74) is 11.6. The van der Waals surface area contributed by atoms with E-state index >= 15 is 0 Å². The molecule has 2 aromatic carbocycles. The fourth-order valence-corrected chi connectivity index (χ4v) is 6.54. The number of morpholine rings is 1. The van der Waals surface area contributed by atoms with Gasteiger partial charge in [-0.3, -0.25) is 9.88 Å². The molecule has 0 spiro atoms. The number of rotatable bonds is 4. The van der Waals surface area contributed by atoms with E-state index in [0.29, 0.717) is 38.2 Å². The van der Waals surface area contributed by atoms with E-state index in [4.69, 9.17) is 15.5 Å². The SMILES string of the molecule is Cc1cc([C@H]2N=C(N)Nc3nc4ccccc4n32)c(C)n1-c1cccc(S(=O)(=O)N2CCOCC2)c1. The van der Waals surface area contributed by atoms with Gasteiger partial charge in [-0.2, -0.15) is 4.31 Å². The third-order valence-electron chi connectivity index (χ3n) is 6.77. The third-order valence-corrected chi connectivity index (χ3v) is 8.67. The minimum atomic E-state index is -3.62. The molecule has 3 N–H and O–H groups in total. The third kappa shape index (κ3) is 3.58. The molecular formula is C25H27N7O3S. The van der Waals surface area contributed by atoms with Crippen LogP contribution in [0.2, 0.25) is 0 Å². The molecular weight excluding hydrogens is 478 g/mol. The minimum Gasteiger partial charge on any atom is -0.379 e. The Morgan fingerprint density at radius 3 is 2.64 bits per heavy atom. The van der Waals surface area contributed by atoms with Gasteiger partial charge in [0.05, 0.1) is 29.1 Å². The zero-order valence-electron chi connectivity index (χ0n) is 20.0. The summed E-state index contributed by atoms with van der Waals surface area (Å²) in [5, 5.41) is 3.07. The van der Waals surface area contributed by atoms with E-state index in [9.17, 15) is 8.42 Å². The van der Waals surface area contributed by atoms with Crippen molar-refractivity contribution >= 4 is 33.0 Å². The molecule has 11 heteroatoms. The van der Waals surface area contributed by atoms with Crippen LogP contribution in [-0.4, -0.2) is 59.1 Å². The Kier molecular flexibility index (Phi) is 5.36. The van der Waals surface area contributed by atoms with Gasteiger partial charge in [0.25, 0.3) is 0 Å². The molecule has 0 saturated carbocycles. The number of nitrogens with zero attached hydrogens (tertiary/aromatic N) is 5. The minimum absolute atomic E-state index is 0.267. The Morgan fingerprint density at radius 1 is 1.06 bits per heavy atom. The number of aromatic nitrogens is 3. The number of benzene rings is 2. The van der Waals surface area contributed by atoms with Crippen LogP contribution in [0.4, 0.5) is 5.95 Å². The standard InChI is InChI=1S/C25H27N7O3S/c1-16-14-20(23-28-24(26)29-25-27-21-8-3-4-9-22(21)32(23)25)17(2)31(16)18-6-5-7-19(15-18)36(33,34)30-10-12-35-13-11-30/h3-9,14-15,23H,10-13H2,1-2H3,(H3,26,27,28,29)/t23-/m0/s1. The van der Waals surface area contributed by atoms with Crippen molar-refractivity contribution in [2.45, 2.75) is 24.9 Å². The summed E-state index contributed by atoms with van der Waals surface area (Å²) in [6, 6.07) is 17.0. The number of hydrogen-bond donors (Lipinski definition) is 2. The summed E-state index contributed by atoms with van der Waals surface area (Å²) in [6.45, 7) is 5.54. The molecule has 1 fully saturated rings. The zero-order chi connectivity index (χ0) is 25.0. The number of sulfonamides is 1. The van der Waals surface area contributed by atoms with Gasteiger partial charge in [-0.1, -0.05) is 18.2 Å². The lowest BCUT2D eigenvalue weighted by Crippen LogP contribution is -2.40. The fourth-order valence-electron chi connectivity index (χ4n) is 5.09. The molecule has 4 heterocycles. The highest BCUT2D eigenvalue weighted by molar-refractivity contribution is 7.89. The number of guanidine groups is 1. The van der Waals surface area contributed by atoms with Crippen molar-refractivity contribution in [3.8, 4) is 5.69 Å². The smallest absolute Gasteiger partial charge is 0.243 e. The predicted molar refractivity (Wildman–Crippen MR) is 138 cm³/mol. The Balaban J connectivity index is 1.44. The number of anilines is 1. The maximum atomic E-state index is 13.3. The molecule has 1 saturated heterocycles. The van der Waals surface area contributed by atoms with E-state index in [-0.39, 0.29) is 4.90 Å². The van der Waals surface area contributed by atoms with Gasteiger partial charge >= 0.3 is 0 Å². The Labute approximate surface area is 209 Å². The largest absolute Gasteiger partial charge is 0.379 e. The second-order valence-electron chi connectivity index (χ2n) is 8.98. The highest BCUT2D eigenvalue weighted by atomic mass is 32.2. The lowest BCUT2D eigenvalue weighted by atomic mass is 10.1. The molecule has 2 aliphatic heterocycles. The van der Waals surface area contributed by atoms with Crippen LogP contribution in [0.25, 0.3) is 16.7 Å². The Morgan fingerprint density at radius 2 is 1.83 bits per heavy atom. The van der Waals surface area contributed by atoms with Crippen LogP contribution in [0.5, 0.6) is 0 Å². The number of nitrogens with one attached hydrogen (secondary N) is 1. The Bertz CT molecular complexity index is 1610. The molecule has 186 valence electrons. The average molecular weight is 506 g/mol. The van der Waals surface area contributed by atoms with Crippen LogP contribution in [-0.2, 0) is 14.8 Å². The summed E-state index contributed by atoms with van der Waals surface area (Å²) < 4.78 is 37.5. The first kappa shape index (κ1) is 22.8. The van der Waals surface area contributed by atoms with Crippen molar-refractivity contribution in [1.29, 1.82) is 0 Å². The number of nitrogens with two attached hydrogens (primary N) is 1. The number of fused-ring (bicyclic) bond motifs is 3. The number of aliphatic imine (C=N–C) groups is 1. The number of imidazole rings is 1. The second kappa shape index (κ2) is 8.47. The highest BCUT2D eigenvalue weighted by Crippen LogP contribution is 2.36. The molecule has 2 aliphatic rings. The molecule has 6 rings (SSSR count). The van der Waals surface area contributed by atoms with E-state index < -0.39 is 16.2 Å². The van der Waals surface area contributed by atoms with Gasteiger partial charge in [0.2, 0.25) is 16.0 Å². The first-order valence-corrected chi connectivity index (χ1v) is 13.2. The molecule has 36 heavy (non-hydrogen) atoms. The van der Waals surface area contributed by atoms with Crippen molar-refractivity contribution in [1.82, 2.24) is 18.4 Å². The quantitative estimate of drug-likeness (QED) is 0.440. The van der Waals surface area contributed by atoms with E-state index in [1.807, 2.05) is 48.7 Å². The number of aryl methyl sites for hydroxylation is 1. The van der Waals surface area contributed by atoms with Crippen molar-refractivity contribution in [2.24, 2.45) is 10.7 Å². The van der Waals surface area contributed by atoms with Crippen LogP contribution in [0, 0.1) is 13.8 Å². The summed E-state index contributed by atoms with van der Waals surface area (Å²) in [7, 11) is -3.62. The van der Waals surface area contributed by atoms with Gasteiger partial charge in [0, 0.05) is 35.7 Å². The molecule has 0 radical (unpaired) electrons. The van der Waals surface area contributed by atoms with Crippen LogP contribution in [0.15, 0.2) is 64.5 Å². The summed E-state index contributed by atoms with van der Waals surface area (Å²) >= 11 is 0. The van der Waals surface area contributed by atoms with Gasteiger partial charge < -0.3 is 15.0 Å². The number of hydrogen-bond acceptors (Lipinski definition) is 7. The topological polar surface area (TPSA) is 120 Å². The van der Waals surface area contributed by atoms with Gasteiger partial charge in [0.1, 0.15) is 0 Å². The molecule has 0 bridgehead atoms. The summed E-state index contributed by atoms with van der Waals surface area (Å²) in [5.74, 6) is 0.934. The maximum absolute atomic E-state index is 13.3. The van der Waals surface area contributed by atoms with Gasteiger partial charge in [0.15, 0.2) is 12.1 Å². The van der Waals surface area contributed by atoms with Gasteiger partial charge in [-0.15, -0.1) is 0 Å². The predicted octanol–water partition coefficient (Wildman–Crippen LogP) is 2.75. The second-order valence-corrected chi connectivity index (χ2v) is 10.9. The Hall–Kier alpha value is -3.67. The normalized spacial score (nSPS) is 18.6. The average Bonchev–Trinajstić information content (AvgIpc) is 3.40. The number of ether oxygens (including phenoxy) is 1. The summed E-state index contributed by atoms with van der Waals surface area (Å²) in [6.07, 6.45) is -0.408. The van der Waals surface area contributed by atoms with Crippen LogP contribution in [0.1, 0.15) is 23.1 Å². The molecule has 10 nitrogen and oxygen atoms in total. The molecule has 2 aromatic heterocycles. The molecule has 0 unspecified atom stereocenters. The van der Waals surface area contributed by atoms with E-state index in [0.717, 1.165) is 33.7 Å². The zero-order valence-corrected chi connectivity index (χ0v) is 20.9. The summed E-state index contributed by atoms with van der Waals surface area (Å²) in [4.78, 5) is 9.67. The van der Waals surface area contributed by atoms with Crippen LogP contribution >= 0.6 is 0 Å². The van der Waals surface area contributed by atoms with Crippen molar-refractivity contribution in [3.05, 3.63) is 71.5 Å². The van der Waals surface area contributed by atoms with E-state index in [1.54, 1.807) is 18.2 Å². The first-order chi connectivity index (χ1) is 17.3. The monoisotopic (exact) mass is 505 g/mol. The molecule has 0 aliphatic carbocycles. The van der Waals surface area contributed by atoms with Crippen molar-refractivity contribution < 1.29 is 13.2 Å². The van der Waals surface area contributed by atoms with Crippen molar-refractivity contribution in [3.63, 3.8) is 0 Å². The van der Waals surface area contributed by atoms with Crippen LogP contribution in [0.3, 0.4) is 0 Å². The lowest BCUT2D eigenvalue weighted by Gasteiger charge is -2.26. The van der Waals surface area contributed by atoms with Crippen molar-refractivity contribution in [2.75, 3.05) is 31.6 Å². The number of para-hydroxylation sites is 2. The lowest BCUT2D eigenvalue weighted by molar-refractivity contribution is 0.0730. The molecule has 1 atom stereocenters. The van der Waals surface area contributed by atoms with E-state index in [2.05, 4.69) is 20.9 Å².